The minimum Gasteiger partial charge on any atom is -0.394 e. The second kappa shape index (κ2) is 20.8. The minimum absolute atomic E-state index is 0.281. The van der Waals surface area contributed by atoms with Gasteiger partial charge < -0.3 is 35.0 Å². The number of rotatable bonds is 21. The predicted octanol–water partition coefficient (Wildman–Crippen LogP) is 3.88. The van der Waals surface area contributed by atoms with E-state index < -0.39 is 49.5 Å². The summed E-state index contributed by atoms with van der Waals surface area (Å²) in [4.78, 5) is 2.74. The van der Waals surface area contributed by atoms with Crippen LogP contribution in [-0.2, 0) is 9.47 Å². The third kappa shape index (κ3) is 13.4. The summed E-state index contributed by atoms with van der Waals surface area (Å²) in [6.07, 6.45) is 12.8. The molecule has 7 atom stereocenters. The number of ether oxygens (including phenoxy) is 2. The molecule has 0 bridgehead atoms. The van der Waals surface area contributed by atoms with Gasteiger partial charge in [-0.15, -0.1) is 0 Å². The molecule has 10 heteroatoms. The largest absolute Gasteiger partial charge is 0.394 e. The van der Waals surface area contributed by atoms with Gasteiger partial charge in [-0.1, -0.05) is 101 Å². The van der Waals surface area contributed by atoms with Crippen molar-refractivity contribution in [3.63, 3.8) is 0 Å². The van der Waals surface area contributed by atoms with Crippen LogP contribution in [0.2, 0.25) is 0 Å². The average Bonchev–Trinajstić information content (AvgIpc) is 2.88. The van der Waals surface area contributed by atoms with Crippen molar-refractivity contribution in [3.05, 3.63) is 22.6 Å². The Morgan fingerprint density at radius 1 is 0.889 bits per heavy atom. The highest BCUT2D eigenvalue weighted by Crippen LogP contribution is 2.22. The monoisotopic (exact) mass is 515 g/mol. The van der Waals surface area contributed by atoms with Crippen molar-refractivity contribution in [2.75, 3.05) is 13.2 Å². The number of unbranched alkanes of at least 4 members (excludes halogenated alkanes) is 13. The highest BCUT2D eigenvalue weighted by atomic mass is 16.7. The summed E-state index contributed by atoms with van der Waals surface area (Å²) in [7, 11) is 0. The number of aliphatic hydroxyl groups is 5. The standard InChI is InChI=1S/C26H49N3O7/c1-2-3-4-5-6-7-8-9-10-11-12-13-14-15-16-17-21(31)20(28-29-27)19-35-26-25(34)24(33)23(32)22(18-30)36-26/h16-17,20-26,30-34H,2-15,18-19H2,1H3/t20-,21+,22+,23+,24-,25+,26+/m0/s1. The molecule has 1 aliphatic rings. The van der Waals surface area contributed by atoms with Gasteiger partial charge in [-0.25, -0.2) is 0 Å². The van der Waals surface area contributed by atoms with E-state index in [0.717, 1.165) is 19.3 Å². The lowest BCUT2D eigenvalue weighted by Gasteiger charge is -2.39. The highest BCUT2D eigenvalue weighted by Gasteiger charge is 2.44. The van der Waals surface area contributed by atoms with E-state index >= 15 is 0 Å². The molecule has 210 valence electrons. The number of nitrogens with zero attached hydrogens (tertiary/aromatic N) is 3. The van der Waals surface area contributed by atoms with E-state index in [1.807, 2.05) is 6.08 Å². The van der Waals surface area contributed by atoms with Gasteiger partial charge in [0, 0.05) is 4.91 Å². The van der Waals surface area contributed by atoms with Crippen molar-refractivity contribution >= 4 is 0 Å². The van der Waals surface area contributed by atoms with E-state index in [-0.39, 0.29) is 6.61 Å². The molecule has 0 aromatic heterocycles. The molecule has 0 spiro atoms. The van der Waals surface area contributed by atoms with E-state index in [9.17, 15) is 25.5 Å². The van der Waals surface area contributed by atoms with Crippen LogP contribution in [0.5, 0.6) is 0 Å². The topological polar surface area (TPSA) is 168 Å². The van der Waals surface area contributed by atoms with E-state index in [2.05, 4.69) is 16.9 Å². The Balaban J connectivity index is 2.19. The Kier molecular flexibility index (Phi) is 18.9. The van der Waals surface area contributed by atoms with Gasteiger partial charge in [-0.3, -0.25) is 0 Å². The maximum absolute atomic E-state index is 10.4. The molecule has 0 saturated carbocycles. The van der Waals surface area contributed by atoms with Crippen LogP contribution in [0.1, 0.15) is 96.8 Å². The Labute approximate surface area is 215 Å². The lowest BCUT2D eigenvalue weighted by atomic mass is 9.99. The maximum Gasteiger partial charge on any atom is 0.186 e. The second-order valence-electron chi connectivity index (χ2n) is 9.75. The number of hydrogen-bond acceptors (Lipinski definition) is 8. The molecule has 36 heavy (non-hydrogen) atoms. The molecule has 0 amide bonds. The van der Waals surface area contributed by atoms with Crippen LogP contribution in [0.15, 0.2) is 17.3 Å². The van der Waals surface area contributed by atoms with Gasteiger partial charge in [0.1, 0.15) is 24.4 Å². The SMILES string of the molecule is CCCCCCCCCCCCCCCC=C[C@@H](O)[C@H](CO[C@@H]1O[C@H](CO)[C@@H](O)[C@H](O)[C@H]1O)N=[N+]=[N-]. The van der Waals surface area contributed by atoms with Crippen molar-refractivity contribution < 1.29 is 35.0 Å². The fourth-order valence-electron chi connectivity index (χ4n) is 4.31. The van der Waals surface area contributed by atoms with Gasteiger partial charge in [0.2, 0.25) is 0 Å². The second-order valence-corrected chi connectivity index (χ2v) is 9.75. The number of hydrogen-bond donors (Lipinski definition) is 5. The molecular weight excluding hydrogens is 466 g/mol. The van der Waals surface area contributed by atoms with Gasteiger partial charge >= 0.3 is 0 Å². The molecule has 0 aromatic rings. The Morgan fingerprint density at radius 3 is 1.97 bits per heavy atom. The molecule has 1 saturated heterocycles. The van der Waals surface area contributed by atoms with Gasteiger partial charge in [0.15, 0.2) is 6.29 Å². The molecule has 0 radical (unpaired) electrons. The fourth-order valence-corrected chi connectivity index (χ4v) is 4.31. The van der Waals surface area contributed by atoms with Crippen LogP contribution in [0.25, 0.3) is 10.4 Å². The summed E-state index contributed by atoms with van der Waals surface area (Å²) >= 11 is 0. The quantitative estimate of drug-likeness (QED) is 0.0508. The van der Waals surface area contributed by atoms with Crippen LogP contribution in [0.4, 0.5) is 0 Å². The van der Waals surface area contributed by atoms with Gasteiger partial charge in [-0.2, -0.15) is 0 Å². The van der Waals surface area contributed by atoms with Crippen molar-refractivity contribution in [1.29, 1.82) is 0 Å². The van der Waals surface area contributed by atoms with Crippen LogP contribution in [-0.4, -0.2) is 81.6 Å². The third-order valence-corrected chi connectivity index (χ3v) is 6.68. The number of azide groups is 1. The molecule has 5 N–H and O–H groups in total. The fraction of sp³-hybridized carbons (Fsp3) is 0.923. The van der Waals surface area contributed by atoms with Crippen LogP contribution in [0.3, 0.4) is 0 Å². The van der Waals surface area contributed by atoms with Gasteiger partial charge in [0.25, 0.3) is 0 Å². The van der Waals surface area contributed by atoms with Crippen LogP contribution in [0, 0.1) is 0 Å². The van der Waals surface area contributed by atoms with Gasteiger partial charge in [-0.05, 0) is 18.4 Å². The first-order valence-corrected chi connectivity index (χ1v) is 13.8. The normalized spacial score (nSPS) is 26.1. The predicted molar refractivity (Wildman–Crippen MR) is 138 cm³/mol. The molecule has 0 aromatic carbocycles. The smallest absolute Gasteiger partial charge is 0.186 e. The van der Waals surface area contributed by atoms with Crippen molar-refractivity contribution in [1.82, 2.24) is 0 Å². The van der Waals surface area contributed by atoms with Crippen molar-refractivity contribution in [3.8, 4) is 0 Å². The Hall–Kier alpha value is -1.23. The van der Waals surface area contributed by atoms with Crippen LogP contribution < -0.4 is 0 Å². The third-order valence-electron chi connectivity index (χ3n) is 6.68. The zero-order valence-electron chi connectivity index (χ0n) is 21.9. The Morgan fingerprint density at radius 2 is 1.44 bits per heavy atom. The van der Waals surface area contributed by atoms with E-state index in [1.54, 1.807) is 6.08 Å². The maximum atomic E-state index is 10.4. The lowest BCUT2D eigenvalue weighted by Crippen LogP contribution is -2.59. The summed E-state index contributed by atoms with van der Waals surface area (Å²) in [6, 6.07) is -0.967. The molecule has 10 nitrogen and oxygen atoms in total. The van der Waals surface area contributed by atoms with E-state index in [4.69, 9.17) is 15.0 Å². The first-order chi connectivity index (χ1) is 17.5. The van der Waals surface area contributed by atoms with E-state index in [1.165, 1.54) is 70.6 Å². The zero-order chi connectivity index (χ0) is 26.6. The summed E-state index contributed by atoms with van der Waals surface area (Å²) in [5.41, 5.74) is 8.82. The molecule has 1 fully saturated rings. The molecule has 1 rings (SSSR count). The number of allylic oxidation sites excluding steroid dienone is 1. The van der Waals surface area contributed by atoms with Crippen molar-refractivity contribution in [2.24, 2.45) is 5.11 Å². The Bertz CT molecular complexity index is 616. The number of aliphatic hydroxyl groups excluding tert-OH is 5. The minimum atomic E-state index is -1.57. The average molecular weight is 516 g/mol. The summed E-state index contributed by atoms with van der Waals surface area (Å²) in [5.74, 6) is 0. The molecule has 0 aliphatic carbocycles. The van der Waals surface area contributed by atoms with Crippen LogP contribution >= 0.6 is 0 Å². The molecular formula is C26H49N3O7. The first kappa shape index (κ1) is 32.8. The van der Waals surface area contributed by atoms with Gasteiger partial charge in [0.05, 0.1) is 25.4 Å². The van der Waals surface area contributed by atoms with Crippen molar-refractivity contribution in [2.45, 2.75) is 140 Å². The zero-order valence-corrected chi connectivity index (χ0v) is 21.9. The molecule has 1 heterocycles. The first-order valence-electron chi connectivity index (χ1n) is 13.8. The lowest BCUT2D eigenvalue weighted by molar-refractivity contribution is -0.302. The molecule has 0 unspecified atom stereocenters. The molecule has 1 aliphatic heterocycles. The van der Waals surface area contributed by atoms with E-state index in [0.29, 0.717) is 0 Å². The summed E-state index contributed by atoms with van der Waals surface area (Å²) in [6.45, 7) is 1.39. The summed E-state index contributed by atoms with van der Waals surface area (Å²) < 4.78 is 10.7. The highest BCUT2D eigenvalue weighted by molar-refractivity contribution is 4.96. The summed E-state index contributed by atoms with van der Waals surface area (Å²) in [5, 5.41) is 52.9.